The van der Waals surface area contributed by atoms with Gasteiger partial charge in [0.05, 0.1) is 12.7 Å². The van der Waals surface area contributed by atoms with Crippen molar-refractivity contribution in [2.75, 3.05) is 7.11 Å². The fraction of sp³-hybridized carbons (Fsp3) is 0.100. The van der Waals surface area contributed by atoms with E-state index in [0.717, 1.165) is 16.7 Å². The Balaban J connectivity index is 1.89. The van der Waals surface area contributed by atoms with E-state index in [1.54, 1.807) is 31.5 Å². The number of carboxylic acid groups (broad SMARTS) is 1. The van der Waals surface area contributed by atoms with Crippen LogP contribution >= 0.6 is 0 Å². The minimum Gasteiger partial charge on any atom is -0.489 e. The molecule has 1 heterocycles. The molecule has 0 saturated heterocycles. The molecular formula is C20H17NO4. The molecule has 3 aromatic rings. The van der Waals surface area contributed by atoms with Gasteiger partial charge in [-0.25, -0.2) is 9.78 Å². The van der Waals surface area contributed by atoms with Crippen LogP contribution < -0.4 is 9.47 Å². The molecule has 0 radical (unpaired) electrons. The van der Waals surface area contributed by atoms with Gasteiger partial charge in [0.25, 0.3) is 0 Å². The second-order valence-electron chi connectivity index (χ2n) is 5.41. The summed E-state index contributed by atoms with van der Waals surface area (Å²) < 4.78 is 10.8. The Morgan fingerprint density at radius 2 is 1.84 bits per heavy atom. The average Bonchev–Trinajstić information content (AvgIpc) is 2.67. The molecule has 0 atom stereocenters. The van der Waals surface area contributed by atoms with Gasteiger partial charge in [-0.1, -0.05) is 30.3 Å². The topological polar surface area (TPSA) is 68.7 Å². The van der Waals surface area contributed by atoms with Gasteiger partial charge in [-0.05, 0) is 35.4 Å². The van der Waals surface area contributed by atoms with Crippen LogP contribution in [0.15, 0.2) is 66.9 Å². The number of benzene rings is 2. The Bertz CT molecular complexity index is 861. The standard InChI is InChI=1S/C20H17NO4/c1-24-19-8-7-15(12-21-19)16-9-17(20(22)23)11-18(10-16)25-13-14-5-3-2-4-6-14/h2-12H,13H2,1H3,(H,22,23). The molecule has 2 aromatic carbocycles. The number of hydrogen-bond donors (Lipinski definition) is 1. The van der Waals surface area contributed by atoms with Crippen molar-refractivity contribution in [1.29, 1.82) is 0 Å². The molecule has 5 nitrogen and oxygen atoms in total. The monoisotopic (exact) mass is 335 g/mol. The average molecular weight is 335 g/mol. The van der Waals surface area contributed by atoms with Crippen molar-refractivity contribution >= 4 is 5.97 Å². The number of aromatic nitrogens is 1. The van der Waals surface area contributed by atoms with Crippen LogP contribution in [-0.4, -0.2) is 23.2 Å². The highest BCUT2D eigenvalue weighted by Gasteiger charge is 2.10. The summed E-state index contributed by atoms with van der Waals surface area (Å²) >= 11 is 0. The van der Waals surface area contributed by atoms with Crippen LogP contribution in [0.4, 0.5) is 0 Å². The van der Waals surface area contributed by atoms with E-state index >= 15 is 0 Å². The number of pyridine rings is 1. The molecule has 0 aliphatic rings. The third kappa shape index (κ3) is 4.14. The predicted octanol–water partition coefficient (Wildman–Crippen LogP) is 4.03. The van der Waals surface area contributed by atoms with E-state index in [2.05, 4.69) is 4.98 Å². The van der Waals surface area contributed by atoms with Crippen LogP contribution in [0.2, 0.25) is 0 Å². The Morgan fingerprint density at radius 3 is 2.48 bits per heavy atom. The molecule has 0 fully saturated rings. The van der Waals surface area contributed by atoms with E-state index in [0.29, 0.717) is 18.2 Å². The molecule has 1 N–H and O–H groups in total. The first-order valence-corrected chi connectivity index (χ1v) is 7.71. The fourth-order valence-corrected chi connectivity index (χ4v) is 2.39. The molecule has 3 rings (SSSR count). The fourth-order valence-electron chi connectivity index (χ4n) is 2.39. The van der Waals surface area contributed by atoms with E-state index in [-0.39, 0.29) is 5.56 Å². The van der Waals surface area contributed by atoms with Crippen LogP contribution in [-0.2, 0) is 6.61 Å². The first-order chi connectivity index (χ1) is 12.2. The Kier molecular flexibility index (Phi) is 4.95. The lowest BCUT2D eigenvalue weighted by molar-refractivity contribution is 0.0696. The Hall–Kier alpha value is -3.34. The Morgan fingerprint density at radius 1 is 1.04 bits per heavy atom. The van der Waals surface area contributed by atoms with Crippen molar-refractivity contribution in [1.82, 2.24) is 4.98 Å². The molecule has 0 spiro atoms. The lowest BCUT2D eigenvalue weighted by atomic mass is 10.0. The van der Waals surface area contributed by atoms with Crippen LogP contribution in [0.3, 0.4) is 0 Å². The smallest absolute Gasteiger partial charge is 0.335 e. The first kappa shape index (κ1) is 16.5. The van der Waals surface area contributed by atoms with E-state index in [9.17, 15) is 9.90 Å². The highest BCUT2D eigenvalue weighted by atomic mass is 16.5. The predicted molar refractivity (Wildman–Crippen MR) is 94.0 cm³/mol. The second kappa shape index (κ2) is 7.49. The summed E-state index contributed by atoms with van der Waals surface area (Å²) in [6, 6.07) is 18.2. The number of hydrogen-bond acceptors (Lipinski definition) is 4. The van der Waals surface area contributed by atoms with Crippen LogP contribution in [0.5, 0.6) is 11.6 Å². The highest BCUT2D eigenvalue weighted by Crippen LogP contribution is 2.27. The number of rotatable bonds is 6. The minimum atomic E-state index is -1.01. The molecule has 0 bridgehead atoms. The minimum absolute atomic E-state index is 0.163. The SMILES string of the molecule is COc1ccc(-c2cc(OCc3ccccc3)cc(C(=O)O)c2)cn1. The van der Waals surface area contributed by atoms with Crippen molar-refractivity contribution < 1.29 is 19.4 Å². The van der Waals surface area contributed by atoms with Crippen molar-refractivity contribution in [3.05, 3.63) is 78.0 Å². The van der Waals surface area contributed by atoms with Crippen molar-refractivity contribution in [3.8, 4) is 22.8 Å². The van der Waals surface area contributed by atoms with E-state index in [1.165, 1.54) is 6.07 Å². The van der Waals surface area contributed by atoms with Gasteiger partial charge in [-0.3, -0.25) is 0 Å². The van der Waals surface area contributed by atoms with Crippen molar-refractivity contribution in [3.63, 3.8) is 0 Å². The lowest BCUT2D eigenvalue weighted by Crippen LogP contribution is -2.00. The number of nitrogens with zero attached hydrogens (tertiary/aromatic N) is 1. The highest BCUT2D eigenvalue weighted by molar-refractivity contribution is 5.90. The van der Waals surface area contributed by atoms with E-state index < -0.39 is 5.97 Å². The summed E-state index contributed by atoms with van der Waals surface area (Å²) in [5, 5.41) is 9.36. The summed E-state index contributed by atoms with van der Waals surface area (Å²) in [7, 11) is 1.54. The molecule has 0 unspecified atom stereocenters. The molecule has 0 aliphatic heterocycles. The lowest BCUT2D eigenvalue weighted by Gasteiger charge is -2.10. The molecule has 0 amide bonds. The number of carbonyl (C=O) groups is 1. The van der Waals surface area contributed by atoms with Crippen LogP contribution in [0.25, 0.3) is 11.1 Å². The molecular weight excluding hydrogens is 318 g/mol. The molecule has 1 aromatic heterocycles. The third-order valence-electron chi connectivity index (χ3n) is 3.68. The van der Waals surface area contributed by atoms with E-state index in [4.69, 9.17) is 9.47 Å². The van der Waals surface area contributed by atoms with Gasteiger partial charge in [0.15, 0.2) is 0 Å². The summed E-state index contributed by atoms with van der Waals surface area (Å²) in [6.45, 7) is 0.365. The summed E-state index contributed by atoms with van der Waals surface area (Å²) in [5.74, 6) is -0.0128. The van der Waals surface area contributed by atoms with Gasteiger partial charge < -0.3 is 14.6 Å². The summed E-state index contributed by atoms with van der Waals surface area (Å²) in [5.41, 5.74) is 2.68. The Labute approximate surface area is 145 Å². The number of carboxylic acids is 1. The maximum Gasteiger partial charge on any atom is 0.335 e. The van der Waals surface area contributed by atoms with Gasteiger partial charge in [0, 0.05) is 17.8 Å². The normalized spacial score (nSPS) is 10.3. The van der Waals surface area contributed by atoms with Crippen LogP contribution in [0.1, 0.15) is 15.9 Å². The number of ether oxygens (including phenoxy) is 2. The quantitative estimate of drug-likeness (QED) is 0.736. The third-order valence-corrected chi connectivity index (χ3v) is 3.68. The number of aromatic carboxylic acids is 1. The molecule has 5 heteroatoms. The van der Waals surface area contributed by atoms with Gasteiger partial charge in [-0.2, -0.15) is 0 Å². The molecule has 0 saturated carbocycles. The molecule has 25 heavy (non-hydrogen) atoms. The summed E-state index contributed by atoms with van der Waals surface area (Å²) in [6.07, 6.45) is 1.64. The zero-order chi connectivity index (χ0) is 17.6. The zero-order valence-electron chi connectivity index (χ0n) is 13.7. The molecule has 0 aliphatic carbocycles. The molecule has 126 valence electrons. The largest absolute Gasteiger partial charge is 0.489 e. The second-order valence-corrected chi connectivity index (χ2v) is 5.41. The van der Waals surface area contributed by atoms with Gasteiger partial charge in [0.2, 0.25) is 5.88 Å². The summed E-state index contributed by atoms with van der Waals surface area (Å²) in [4.78, 5) is 15.6. The van der Waals surface area contributed by atoms with Gasteiger partial charge >= 0.3 is 5.97 Å². The van der Waals surface area contributed by atoms with Crippen LogP contribution in [0, 0.1) is 0 Å². The number of methoxy groups -OCH3 is 1. The van der Waals surface area contributed by atoms with Crippen molar-refractivity contribution in [2.24, 2.45) is 0 Å². The zero-order valence-corrected chi connectivity index (χ0v) is 13.7. The van der Waals surface area contributed by atoms with E-state index in [1.807, 2.05) is 36.4 Å². The van der Waals surface area contributed by atoms with Gasteiger partial charge in [-0.15, -0.1) is 0 Å². The van der Waals surface area contributed by atoms with Gasteiger partial charge in [0.1, 0.15) is 12.4 Å². The first-order valence-electron chi connectivity index (χ1n) is 7.71. The van der Waals surface area contributed by atoms with Crippen molar-refractivity contribution in [2.45, 2.75) is 6.61 Å². The maximum atomic E-state index is 11.4. The maximum absolute atomic E-state index is 11.4.